The number of carbonyl (C=O) groups is 1. The molecule has 0 amide bonds. The average molecular weight is 471 g/mol. The van der Waals surface area contributed by atoms with Crippen molar-refractivity contribution >= 4 is 21.7 Å². The first-order valence-corrected chi connectivity index (χ1v) is 11.3. The third-order valence-corrected chi connectivity index (χ3v) is 6.31. The fraction of sp³-hybridized carbons (Fsp3) is 0.174. The van der Waals surface area contributed by atoms with Crippen LogP contribution in [0.15, 0.2) is 77.7 Å². The Morgan fingerprint density at radius 3 is 2.33 bits per heavy atom. The number of ether oxygens (including phenoxy) is 2. The molecule has 0 radical (unpaired) electrons. The lowest BCUT2D eigenvalue weighted by molar-refractivity contribution is -0.384. The van der Waals surface area contributed by atoms with E-state index in [1.54, 1.807) is 36.4 Å². The summed E-state index contributed by atoms with van der Waals surface area (Å²) in [6, 6.07) is 17.1. The van der Waals surface area contributed by atoms with E-state index in [1.807, 2.05) is 6.92 Å². The molecule has 0 aliphatic heterocycles. The Hall–Kier alpha value is -3.76. The molecule has 3 rings (SSSR count). The topological polar surface area (TPSA) is 125 Å². The predicted octanol–water partition coefficient (Wildman–Crippen LogP) is 3.79. The molecule has 3 aromatic rings. The zero-order valence-electron chi connectivity index (χ0n) is 17.9. The van der Waals surface area contributed by atoms with Crippen LogP contribution in [0.5, 0.6) is 5.75 Å². The first-order valence-electron chi connectivity index (χ1n) is 9.84. The van der Waals surface area contributed by atoms with Crippen LogP contribution in [0.25, 0.3) is 0 Å². The number of hydrogen-bond donors (Lipinski definition) is 1. The Bertz CT molecular complexity index is 1240. The number of benzene rings is 3. The van der Waals surface area contributed by atoms with Gasteiger partial charge >= 0.3 is 5.97 Å². The summed E-state index contributed by atoms with van der Waals surface area (Å²) in [4.78, 5) is 22.7. The van der Waals surface area contributed by atoms with Crippen LogP contribution in [-0.4, -0.2) is 33.0 Å². The molecule has 172 valence electrons. The van der Waals surface area contributed by atoms with Crippen molar-refractivity contribution in [1.29, 1.82) is 0 Å². The maximum Gasteiger partial charge on any atom is 0.338 e. The van der Waals surface area contributed by atoms with Gasteiger partial charge in [0.25, 0.3) is 5.69 Å². The molecule has 9 nitrogen and oxygen atoms in total. The maximum absolute atomic E-state index is 13.0. The zero-order chi connectivity index (χ0) is 24.0. The van der Waals surface area contributed by atoms with Gasteiger partial charge in [-0.1, -0.05) is 29.8 Å². The van der Waals surface area contributed by atoms with Crippen LogP contribution < -0.4 is 9.46 Å². The quantitative estimate of drug-likeness (QED) is 0.287. The van der Waals surface area contributed by atoms with E-state index in [1.165, 1.54) is 43.5 Å². The minimum absolute atomic E-state index is 0.0719. The molecule has 10 heteroatoms. The zero-order valence-corrected chi connectivity index (χ0v) is 18.7. The summed E-state index contributed by atoms with van der Waals surface area (Å²) < 4.78 is 39.0. The molecule has 33 heavy (non-hydrogen) atoms. The van der Waals surface area contributed by atoms with E-state index in [-0.39, 0.29) is 22.8 Å². The number of nitro groups is 1. The Morgan fingerprint density at radius 2 is 1.73 bits per heavy atom. The molecule has 1 N–H and O–H groups in total. The molecule has 0 bridgehead atoms. The summed E-state index contributed by atoms with van der Waals surface area (Å²) in [6.07, 6.45) is 0. The molecule has 0 saturated heterocycles. The number of non-ortho nitro benzene ring substituents is 1. The highest BCUT2D eigenvalue weighted by Crippen LogP contribution is 2.23. The van der Waals surface area contributed by atoms with Crippen LogP contribution in [-0.2, 0) is 14.8 Å². The van der Waals surface area contributed by atoms with E-state index in [4.69, 9.17) is 9.47 Å². The number of rotatable bonds is 9. The van der Waals surface area contributed by atoms with Crippen LogP contribution in [0, 0.1) is 17.0 Å². The molecule has 0 heterocycles. The van der Waals surface area contributed by atoms with E-state index < -0.39 is 27.0 Å². The van der Waals surface area contributed by atoms with Gasteiger partial charge < -0.3 is 9.47 Å². The number of carbonyl (C=O) groups excluding carboxylic acids is 1. The molecular formula is C23H22N2O7S. The summed E-state index contributed by atoms with van der Waals surface area (Å²) in [6.45, 7) is 1.54. The predicted molar refractivity (Wildman–Crippen MR) is 121 cm³/mol. The summed E-state index contributed by atoms with van der Waals surface area (Å²) in [7, 11) is -2.44. The SMILES string of the molecule is COc1cccc(C(COC(=O)c2ccc([N+](=O)[O-])cc2)NS(=O)(=O)c2ccc(C)cc2)c1. The second kappa shape index (κ2) is 10.2. The number of nitrogens with one attached hydrogen (secondary N) is 1. The third kappa shape index (κ3) is 6.15. The number of aryl methyl sites for hydroxylation is 1. The maximum atomic E-state index is 13.0. The highest BCUT2D eigenvalue weighted by atomic mass is 32.2. The number of esters is 1. The van der Waals surface area contributed by atoms with Gasteiger partial charge in [0, 0.05) is 12.1 Å². The van der Waals surface area contributed by atoms with Gasteiger partial charge in [-0.05, 0) is 48.9 Å². The second-order valence-electron chi connectivity index (χ2n) is 7.17. The Labute approximate surface area is 191 Å². The molecule has 0 fully saturated rings. The molecule has 0 saturated carbocycles. The minimum Gasteiger partial charge on any atom is -0.497 e. The summed E-state index contributed by atoms with van der Waals surface area (Å²) in [5, 5.41) is 10.8. The van der Waals surface area contributed by atoms with Crippen molar-refractivity contribution in [3.63, 3.8) is 0 Å². The van der Waals surface area contributed by atoms with Crippen molar-refractivity contribution in [3.8, 4) is 5.75 Å². The highest BCUT2D eigenvalue weighted by molar-refractivity contribution is 7.89. The average Bonchev–Trinajstić information content (AvgIpc) is 2.81. The largest absolute Gasteiger partial charge is 0.497 e. The lowest BCUT2D eigenvalue weighted by Crippen LogP contribution is -2.32. The third-order valence-electron chi connectivity index (χ3n) is 4.82. The van der Waals surface area contributed by atoms with Gasteiger partial charge in [0.2, 0.25) is 10.0 Å². The Balaban J connectivity index is 1.83. The Kier molecular flexibility index (Phi) is 7.41. The summed E-state index contributed by atoms with van der Waals surface area (Å²) >= 11 is 0. The van der Waals surface area contributed by atoms with Crippen molar-refractivity contribution in [2.75, 3.05) is 13.7 Å². The van der Waals surface area contributed by atoms with Crippen LogP contribution in [0.1, 0.15) is 27.5 Å². The van der Waals surface area contributed by atoms with Crippen molar-refractivity contribution < 1.29 is 27.6 Å². The Morgan fingerprint density at radius 1 is 1.06 bits per heavy atom. The van der Waals surface area contributed by atoms with E-state index in [0.717, 1.165) is 5.56 Å². The van der Waals surface area contributed by atoms with Gasteiger partial charge in [-0.2, -0.15) is 0 Å². The normalized spacial score (nSPS) is 12.1. The number of nitro benzene ring substituents is 1. The summed E-state index contributed by atoms with van der Waals surface area (Å²) in [5.74, 6) is -0.235. The molecule has 1 unspecified atom stereocenters. The molecule has 1 atom stereocenters. The first kappa shape index (κ1) is 23.9. The molecule has 0 aromatic heterocycles. The van der Waals surface area contributed by atoms with Crippen molar-refractivity contribution in [1.82, 2.24) is 4.72 Å². The summed E-state index contributed by atoms with van der Waals surface area (Å²) in [5.41, 5.74) is 1.38. The van der Waals surface area contributed by atoms with Gasteiger partial charge in [0.05, 0.1) is 28.5 Å². The fourth-order valence-corrected chi connectivity index (χ4v) is 4.20. The van der Waals surface area contributed by atoms with Crippen LogP contribution in [0.4, 0.5) is 5.69 Å². The molecule has 0 aliphatic carbocycles. The number of hydrogen-bond acceptors (Lipinski definition) is 7. The first-order chi connectivity index (χ1) is 15.7. The molecule has 3 aromatic carbocycles. The van der Waals surface area contributed by atoms with Crippen molar-refractivity contribution in [2.24, 2.45) is 0 Å². The van der Waals surface area contributed by atoms with Crippen LogP contribution >= 0.6 is 0 Å². The highest BCUT2D eigenvalue weighted by Gasteiger charge is 2.24. The van der Waals surface area contributed by atoms with E-state index in [0.29, 0.717) is 11.3 Å². The molecule has 0 spiro atoms. The van der Waals surface area contributed by atoms with Gasteiger partial charge in [0.15, 0.2) is 0 Å². The van der Waals surface area contributed by atoms with Crippen LogP contribution in [0.3, 0.4) is 0 Å². The van der Waals surface area contributed by atoms with Gasteiger partial charge in [-0.3, -0.25) is 10.1 Å². The number of methoxy groups -OCH3 is 1. The van der Waals surface area contributed by atoms with Crippen LogP contribution in [0.2, 0.25) is 0 Å². The standard InChI is InChI=1S/C23H22N2O7S/c1-16-6-12-21(13-7-16)33(29,30)24-22(18-4-3-5-20(14-18)31-2)15-32-23(26)17-8-10-19(11-9-17)25(27)28/h3-14,22,24H,15H2,1-2H3. The van der Waals surface area contributed by atoms with Gasteiger partial charge in [0.1, 0.15) is 12.4 Å². The van der Waals surface area contributed by atoms with Crippen molar-refractivity contribution in [3.05, 3.63) is 99.6 Å². The monoisotopic (exact) mass is 470 g/mol. The lowest BCUT2D eigenvalue weighted by Gasteiger charge is -2.20. The van der Waals surface area contributed by atoms with E-state index >= 15 is 0 Å². The minimum atomic E-state index is -3.93. The smallest absolute Gasteiger partial charge is 0.338 e. The number of nitrogens with zero attached hydrogens (tertiary/aromatic N) is 1. The van der Waals surface area contributed by atoms with Gasteiger partial charge in [-0.25, -0.2) is 17.9 Å². The molecule has 0 aliphatic rings. The molecular weight excluding hydrogens is 448 g/mol. The fourth-order valence-electron chi connectivity index (χ4n) is 2.99. The second-order valence-corrected chi connectivity index (χ2v) is 8.88. The van der Waals surface area contributed by atoms with E-state index in [2.05, 4.69) is 4.72 Å². The van der Waals surface area contributed by atoms with E-state index in [9.17, 15) is 23.3 Å². The van der Waals surface area contributed by atoms with Gasteiger partial charge in [-0.15, -0.1) is 0 Å². The van der Waals surface area contributed by atoms with Crippen molar-refractivity contribution in [2.45, 2.75) is 17.9 Å². The number of sulfonamides is 1. The lowest BCUT2D eigenvalue weighted by atomic mass is 10.1.